The maximum absolute atomic E-state index is 12.6. The van der Waals surface area contributed by atoms with E-state index in [2.05, 4.69) is 26.1 Å². The third-order valence-electron chi connectivity index (χ3n) is 4.90. The highest BCUT2D eigenvalue weighted by molar-refractivity contribution is 5.98. The average Bonchev–Trinajstić information content (AvgIpc) is 2.80. The molecule has 0 unspecified atom stereocenters. The molecule has 1 N–H and O–H groups in total. The van der Waals surface area contributed by atoms with E-state index in [0.29, 0.717) is 0 Å². The first kappa shape index (κ1) is 19.5. The first-order valence-electron chi connectivity index (χ1n) is 9.46. The van der Waals surface area contributed by atoms with Crippen molar-refractivity contribution in [2.75, 3.05) is 11.4 Å². The number of hydrogen-bond acceptors (Lipinski definition) is 2. The molecule has 0 saturated heterocycles. The fraction of sp³-hybridized carbons (Fsp3) is 0.619. The van der Waals surface area contributed by atoms with Crippen molar-refractivity contribution in [2.45, 2.75) is 77.7 Å². The summed E-state index contributed by atoms with van der Waals surface area (Å²) >= 11 is 0. The molecular weight excluding hydrogens is 312 g/mol. The Hall–Kier alpha value is -1.84. The molecule has 1 fully saturated rings. The number of carbonyl (C=O) groups excluding carboxylic acids is 2. The lowest BCUT2D eigenvalue weighted by molar-refractivity contribution is -0.123. The summed E-state index contributed by atoms with van der Waals surface area (Å²) in [7, 11) is 0. The zero-order valence-electron chi connectivity index (χ0n) is 16.1. The zero-order chi connectivity index (χ0) is 18.4. The Morgan fingerprint density at radius 2 is 1.68 bits per heavy atom. The molecule has 1 aromatic carbocycles. The molecule has 138 valence electrons. The van der Waals surface area contributed by atoms with Gasteiger partial charge in [-0.25, -0.2) is 0 Å². The van der Waals surface area contributed by atoms with E-state index in [1.807, 2.05) is 24.3 Å². The van der Waals surface area contributed by atoms with Gasteiger partial charge in [0, 0.05) is 18.7 Å². The number of hydrogen-bond donors (Lipinski definition) is 1. The van der Waals surface area contributed by atoms with Gasteiger partial charge in [-0.3, -0.25) is 9.59 Å². The molecule has 25 heavy (non-hydrogen) atoms. The largest absolute Gasteiger partial charge is 0.352 e. The normalized spacial score (nSPS) is 16.2. The van der Waals surface area contributed by atoms with E-state index in [-0.39, 0.29) is 29.8 Å². The minimum absolute atomic E-state index is 0.0641. The summed E-state index contributed by atoms with van der Waals surface area (Å²) in [6.45, 7) is 7.97. The first-order valence-corrected chi connectivity index (χ1v) is 9.46. The Kier molecular flexibility index (Phi) is 6.63. The molecular formula is C21H32N2O2. The number of para-hydroxylation sites is 1. The van der Waals surface area contributed by atoms with Crippen molar-refractivity contribution in [2.24, 2.45) is 0 Å². The van der Waals surface area contributed by atoms with Crippen molar-refractivity contribution < 1.29 is 9.59 Å². The van der Waals surface area contributed by atoms with Gasteiger partial charge in [0.15, 0.2) is 0 Å². The Balaban J connectivity index is 2.14. The summed E-state index contributed by atoms with van der Waals surface area (Å²) in [6.07, 6.45) is 6.95. The third-order valence-corrected chi connectivity index (χ3v) is 4.90. The number of nitrogens with one attached hydrogen (secondary N) is 1. The van der Waals surface area contributed by atoms with Crippen LogP contribution in [0.25, 0.3) is 0 Å². The van der Waals surface area contributed by atoms with Crippen LogP contribution in [0.3, 0.4) is 0 Å². The molecule has 0 aliphatic heterocycles. The van der Waals surface area contributed by atoms with Gasteiger partial charge >= 0.3 is 0 Å². The average molecular weight is 344 g/mol. The van der Waals surface area contributed by atoms with Crippen molar-refractivity contribution in [1.29, 1.82) is 0 Å². The van der Waals surface area contributed by atoms with Crippen molar-refractivity contribution in [3.8, 4) is 0 Å². The van der Waals surface area contributed by atoms with Gasteiger partial charge in [0.25, 0.3) is 0 Å². The second-order valence-corrected chi connectivity index (χ2v) is 8.13. The topological polar surface area (TPSA) is 49.4 Å². The quantitative estimate of drug-likeness (QED) is 0.833. The number of benzene rings is 1. The molecule has 0 bridgehead atoms. The van der Waals surface area contributed by atoms with Gasteiger partial charge in [-0.05, 0) is 29.9 Å². The maximum atomic E-state index is 12.6. The van der Waals surface area contributed by atoms with E-state index in [1.54, 1.807) is 4.90 Å². The molecule has 0 atom stereocenters. The standard InChI is InChI=1S/C21H32N2O2/c1-16(24)23(19-14-10-9-13-18(19)21(2,3)4)15-20(25)22-17-11-7-5-6-8-12-17/h9-10,13-14,17H,5-8,11-12,15H2,1-4H3,(H,22,25). The van der Waals surface area contributed by atoms with Gasteiger partial charge in [0.1, 0.15) is 6.54 Å². The van der Waals surface area contributed by atoms with Crippen LogP contribution in [-0.4, -0.2) is 24.4 Å². The zero-order valence-corrected chi connectivity index (χ0v) is 16.1. The molecule has 4 heteroatoms. The molecule has 1 saturated carbocycles. The van der Waals surface area contributed by atoms with Crippen molar-refractivity contribution in [3.05, 3.63) is 29.8 Å². The van der Waals surface area contributed by atoms with E-state index >= 15 is 0 Å². The number of carbonyl (C=O) groups is 2. The van der Waals surface area contributed by atoms with Crippen LogP contribution in [0.5, 0.6) is 0 Å². The fourth-order valence-corrected chi connectivity index (χ4v) is 3.55. The van der Waals surface area contributed by atoms with Crippen molar-refractivity contribution >= 4 is 17.5 Å². The second kappa shape index (κ2) is 8.50. The molecule has 0 radical (unpaired) electrons. The van der Waals surface area contributed by atoms with Gasteiger partial charge in [-0.2, -0.15) is 0 Å². The van der Waals surface area contributed by atoms with Crippen LogP contribution >= 0.6 is 0 Å². The molecule has 1 aromatic rings. The Labute approximate surface area is 152 Å². The first-order chi connectivity index (χ1) is 11.8. The molecule has 2 rings (SSSR count). The maximum Gasteiger partial charge on any atom is 0.240 e. The van der Waals surface area contributed by atoms with Crippen LogP contribution in [0.15, 0.2) is 24.3 Å². The molecule has 2 amide bonds. The highest BCUT2D eigenvalue weighted by Gasteiger charge is 2.25. The van der Waals surface area contributed by atoms with E-state index in [0.717, 1.165) is 24.1 Å². The number of rotatable bonds is 4. The Morgan fingerprint density at radius 3 is 2.24 bits per heavy atom. The molecule has 1 aliphatic carbocycles. The SMILES string of the molecule is CC(=O)N(CC(=O)NC1CCCCCC1)c1ccccc1C(C)(C)C. The monoisotopic (exact) mass is 344 g/mol. The Bertz CT molecular complexity index is 596. The van der Waals surface area contributed by atoms with Crippen molar-refractivity contribution in [1.82, 2.24) is 5.32 Å². The molecule has 0 spiro atoms. The summed E-state index contributed by atoms with van der Waals surface area (Å²) in [4.78, 5) is 26.4. The van der Waals surface area contributed by atoms with Gasteiger partial charge in [-0.15, -0.1) is 0 Å². The van der Waals surface area contributed by atoms with Crippen LogP contribution in [0.4, 0.5) is 5.69 Å². The minimum atomic E-state index is -0.104. The summed E-state index contributed by atoms with van der Waals surface area (Å²) in [6, 6.07) is 8.12. The van der Waals surface area contributed by atoms with Crippen LogP contribution < -0.4 is 10.2 Å². The van der Waals surface area contributed by atoms with E-state index in [9.17, 15) is 9.59 Å². The summed E-state index contributed by atoms with van der Waals surface area (Å²) in [5, 5.41) is 3.14. The summed E-state index contributed by atoms with van der Waals surface area (Å²) < 4.78 is 0. The van der Waals surface area contributed by atoms with Gasteiger partial charge < -0.3 is 10.2 Å². The highest BCUT2D eigenvalue weighted by Crippen LogP contribution is 2.32. The summed E-state index contributed by atoms with van der Waals surface area (Å²) in [5.74, 6) is -0.168. The predicted molar refractivity (Wildman–Crippen MR) is 103 cm³/mol. The summed E-state index contributed by atoms with van der Waals surface area (Å²) in [5.41, 5.74) is 1.81. The third kappa shape index (κ3) is 5.58. The lowest BCUT2D eigenvalue weighted by atomic mass is 9.85. The number of anilines is 1. The van der Waals surface area contributed by atoms with Crippen LogP contribution in [0, 0.1) is 0 Å². The van der Waals surface area contributed by atoms with E-state index < -0.39 is 0 Å². The predicted octanol–water partition coefficient (Wildman–Crippen LogP) is 4.18. The van der Waals surface area contributed by atoms with Crippen LogP contribution in [0.2, 0.25) is 0 Å². The van der Waals surface area contributed by atoms with Crippen LogP contribution in [-0.2, 0) is 15.0 Å². The van der Waals surface area contributed by atoms with Crippen molar-refractivity contribution in [3.63, 3.8) is 0 Å². The molecule has 4 nitrogen and oxygen atoms in total. The highest BCUT2D eigenvalue weighted by atomic mass is 16.2. The molecule has 0 heterocycles. The van der Waals surface area contributed by atoms with Gasteiger partial charge in [-0.1, -0.05) is 64.7 Å². The number of amides is 2. The smallest absolute Gasteiger partial charge is 0.240 e. The molecule has 0 aromatic heterocycles. The fourth-order valence-electron chi connectivity index (χ4n) is 3.55. The Morgan fingerprint density at radius 1 is 1.08 bits per heavy atom. The van der Waals surface area contributed by atoms with Gasteiger partial charge in [0.05, 0.1) is 0 Å². The second-order valence-electron chi connectivity index (χ2n) is 8.13. The van der Waals surface area contributed by atoms with Crippen LogP contribution in [0.1, 0.15) is 71.8 Å². The number of nitrogens with zero attached hydrogens (tertiary/aromatic N) is 1. The van der Waals surface area contributed by atoms with E-state index in [4.69, 9.17) is 0 Å². The minimum Gasteiger partial charge on any atom is -0.352 e. The lowest BCUT2D eigenvalue weighted by Crippen LogP contribution is -2.44. The lowest BCUT2D eigenvalue weighted by Gasteiger charge is -2.29. The van der Waals surface area contributed by atoms with Gasteiger partial charge in [0.2, 0.25) is 11.8 Å². The molecule has 1 aliphatic rings. The van der Waals surface area contributed by atoms with E-state index in [1.165, 1.54) is 32.6 Å².